The van der Waals surface area contributed by atoms with Gasteiger partial charge in [0.05, 0.1) is 19.1 Å². The monoisotopic (exact) mass is 258 g/mol. The Kier molecular flexibility index (Phi) is 5.06. The predicted molar refractivity (Wildman–Crippen MR) is 60.3 cm³/mol. The van der Waals surface area contributed by atoms with Crippen LogP contribution < -0.4 is 0 Å². The Hall–Kier alpha value is -1.66. The van der Waals surface area contributed by atoms with Crippen molar-refractivity contribution in [2.24, 2.45) is 0 Å². The average Bonchev–Trinajstić information content (AvgIpc) is 2.32. The van der Waals surface area contributed by atoms with Gasteiger partial charge in [0.1, 0.15) is 6.10 Å². The van der Waals surface area contributed by atoms with E-state index in [2.05, 4.69) is 4.74 Å². The summed E-state index contributed by atoms with van der Waals surface area (Å²) in [6, 6.07) is 3.22. The number of aromatic hydroxyl groups is 1. The maximum Gasteiger partial charge on any atom is 0.308 e. The first-order valence-corrected chi connectivity index (χ1v) is 5.45. The number of ether oxygens (including phenoxy) is 1. The molecule has 0 radical (unpaired) electrons. The van der Waals surface area contributed by atoms with Crippen molar-refractivity contribution in [3.63, 3.8) is 0 Å². The van der Waals surface area contributed by atoms with Crippen LogP contribution in [-0.4, -0.2) is 34.0 Å². The molecule has 0 aliphatic heterocycles. The van der Waals surface area contributed by atoms with Gasteiger partial charge in [-0.3, -0.25) is 4.79 Å². The Balaban J connectivity index is 2.70. The molecule has 5 nitrogen and oxygen atoms in total. The summed E-state index contributed by atoms with van der Waals surface area (Å²) in [5, 5.41) is 28.3. The maximum atomic E-state index is 13.1. The number of halogens is 1. The molecule has 0 amide bonds. The number of carbonyl (C=O) groups excluding carboxylic acids is 1. The number of hydrogen-bond acceptors (Lipinski definition) is 5. The van der Waals surface area contributed by atoms with Crippen molar-refractivity contribution < 1.29 is 29.2 Å². The fourth-order valence-electron chi connectivity index (χ4n) is 1.43. The predicted octanol–water partition coefficient (Wildman–Crippen LogP) is 0.879. The summed E-state index contributed by atoms with van der Waals surface area (Å²) in [7, 11) is 0. The minimum absolute atomic E-state index is 0.0714. The molecule has 1 aromatic carbocycles. The molecule has 2 unspecified atom stereocenters. The molecule has 0 saturated heterocycles. The lowest BCUT2D eigenvalue weighted by Gasteiger charge is -2.17. The number of aliphatic hydroxyl groups excluding tert-OH is 2. The van der Waals surface area contributed by atoms with E-state index in [0.29, 0.717) is 0 Å². The SMILES string of the molecule is CCOC(=O)CC(O)C(O)c1ccc(O)c(F)c1. The largest absolute Gasteiger partial charge is 0.505 e. The van der Waals surface area contributed by atoms with Crippen LogP contribution in [0, 0.1) is 5.82 Å². The van der Waals surface area contributed by atoms with E-state index >= 15 is 0 Å². The summed E-state index contributed by atoms with van der Waals surface area (Å²) < 4.78 is 17.7. The zero-order valence-corrected chi connectivity index (χ0v) is 9.84. The van der Waals surface area contributed by atoms with E-state index in [9.17, 15) is 19.4 Å². The lowest BCUT2D eigenvalue weighted by Crippen LogP contribution is -2.23. The van der Waals surface area contributed by atoms with Crippen molar-refractivity contribution >= 4 is 5.97 Å². The number of aliphatic hydroxyl groups is 2. The van der Waals surface area contributed by atoms with Gasteiger partial charge in [-0.25, -0.2) is 4.39 Å². The number of hydrogen-bond donors (Lipinski definition) is 3. The lowest BCUT2D eigenvalue weighted by molar-refractivity contribution is -0.147. The number of carbonyl (C=O) groups is 1. The fraction of sp³-hybridized carbons (Fsp3) is 0.417. The highest BCUT2D eigenvalue weighted by Gasteiger charge is 2.22. The van der Waals surface area contributed by atoms with E-state index in [0.717, 1.165) is 12.1 Å². The third kappa shape index (κ3) is 3.68. The van der Waals surface area contributed by atoms with Crippen LogP contribution in [0.5, 0.6) is 5.75 Å². The minimum atomic E-state index is -1.43. The van der Waals surface area contributed by atoms with Crippen molar-refractivity contribution in [1.82, 2.24) is 0 Å². The third-order valence-electron chi connectivity index (χ3n) is 2.36. The van der Waals surface area contributed by atoms with Crippen molar-refractivity contribution in [3.05, 3.63) is 29.6 Å². The van der Waals surface area contributed by atoms with Gasteiger partial charge in [0.15, 0.2) is 11.6 Å². The number of rotatable bonds is 5. The molecule has 1 aromatic rings. The van der Waals surface area contributed by atoms with E-state index < -0.39 is 36.2 Å². The van der Waals surface area contributed by atoms with Crippen LogP contribution in [-0.2, 0) is 9.53 Å². The molecule has 0 spiro atoms. The molecular weight excluding hydrogens is 243 g/mol. The summed E-state index contributed by atoms with van der Waals surface area (Å²) >= 11 is 0. The topological polar surface area (TPSA) is 87.0 Å². The van der Waals surface area contributed by atoms with Crippen LogP contribution in [0.15, 0.2) is 18.2 Å². The van der Waals surface area contributed by atoms with Crippen molar-refractivity contribution in [3.8, 4) is 5.75 Å². The van der Waals surface area contributed by atoms with Gasteiger partial charge in [0.25, 0.3) is 0 Å². The molecule has 0 fully saturated rings. The molecule has 0 heterocycles. The zero-order chi connectivity index (χ0) is 13.7. The Bertz CT molecular complexity index is 421. The average molecular weight is 258 g/mol. The standard InChI is InChI=1S/C12H15FO5/c1-2-18-11(16)6-10(15)12(17)7-3-4-9(14)8(13)5-7/h3-5,10,12,14-15,17H,2,6H2,1H3. The molecule has 0 saturated carbocycles. The lowest BCUT2D eigenvalue weighted by atomic mass is 10.0. The summed E-state index contributed by atoms with van der Waals surface area (Å²) in [4.78, 5) is 11.1. The highest BCUT2D eigenvalue weighted by Crippen LogP contribution is 2.24. The van der Waals surface area contributed by atoms with Crippen LogP contribution >= 0.6 is 0 Å². The van der Waals surface area contributed by atoms with E-state index in [1.54, 1.807) is 6.92 Å². The first-order valence-electron chi connectivity index (χ1n) is 5.45. The van der Waals surface area contributed by atoms with Crippen LogP contribution in [0.2, 0.25) is 0 Å². The molecule has 100 valence electrons. The number of benzene rings is 1. The van der Waals surface area contributed by atoms with E-state index in [1.165, 1.54) is 6.07 Å². The normalized spacial score (nSPS) is 14.0. The Morgan fingerprint density at radius 3 is 2.67 bits per heavy atom. The first-order chi connectivity index (χ1) is 8.45. The second kappa shape index (κ2) is 6.32. The van der Waals surface area contributed by atoms with E-state index in [4.69, 9.17) is 5.11 Å². The number of phenols is 1. The third-order valence-corrected chi connectivity index (χ3v) is 2.36. The van der Waals surface area contributed by atoms with Crippen molar-refractivity contribution in [2.45, 2.75) is 25.6 Å². The quantitative estimate of drug-likeness (QED) is 0.682. The molecule has 2 atom stereocenters. The van der Waals surface area contributed by atoms with Crippen LogP contribution in [0.4, 0.5) is 4.39 Å². The second-order valence-corrected chi connectivity index (χ2v) is 3.73. The van der Waals surface area contributed by atoms with Gasteiger partial charge in [0.2, 0.25) is 0 Å². The smallest absolute Gasteiger partial charge is 0.308 e. The van der Waals surface area contributed by atoms with Gasteiger partial charge < -0.3 is 20.1 Å². The van der Waals surface area contributed by atoms with Crippen molar-refractivity contribution in [1.29, 1.82) is 0 Å². The van der Waals surface area contributed by atoms with Gasteiger partial charge in [0, 0.05) is 0 Å². The maximum absolute atomic E-state index is 13.1. The highest BCUT2D eigenvalue weighted by atomic mass is 19.1. The zero-order valence-electron chi connectivity index (χ0n) is 9.84. The molecule has 6 heteroatoms. The van der Waals surface area contributed by atoms with Crippen LogP contribution in [0.3, 0.4) is 0 Å². The molecule has 1 rings (SSSR count). The molecule has 0 aliphatic rings. The van der Waals surface area contributed by atoms with Gasteiger partial charge >= 0.3 is 5.97 Å². The van der Waals surface area contributed by atoms with Gasteiger partial charge in [-0.1, -0.05) is 6.07 Å². The van der Waals surface area contributed by atoms with Gasteiger partial charge in [-0.05, 0) is 24.6 Å². The Morgan fingerprint density at radius 1 is 1.44 bits per heavy atom. The summed E-state index contributed by atoms with van der Waals surface area (Å²) in [6.45, 7) is 1.80. The van der Waals surface area contributed by atoms with Crippen molar-refractivity contribution in [2.75, 3.05) is 6.61 Å². The summed E-state index contributed by atoms with van der Waals surface area (Å²) in [5.41, 5.74) is 0.0714. The fourth-order valence-corrected chi connectivity index (χ4v) is 1.43. The molecule has 3 N–H and O–H groups in total. The van der Waals surface area contributed by atoms with Crippen LogP contribution in [0.1, 0.15) is 25.0 Å². The number of esters is 1. The number of phenolic OH excluding ortho intramolecular Hbond substituents is 1. The summed E-state index contributed by atoms with van der Waals surface area (Å²) in [5.74, 6) is -2.11. The molecule has 0 aromatic heterocycles. The van der Waals surface area contributed by atoms with Gasteiger partial charge in [-0.2, -0.15) is 0 Å². The molecule has 0 aliphatic carbocycles. The second-order valence-electron chi connectivity index (χ2n) is 3.73. The highest BCUT2D eigenvalue weighted by molar-refractivity contribution is 5.70. The van der Waals surface area contributed by atoms with Crippen LogP contribution in [0.25, 0.3) is 0 Å². The molecule has 18 heavy (non-hydrogen) atoms. The summed E-state index contributed by atoms with van der Waals surface area (Å²) in [6.07, 6.45) is -3.21. The Morgan fingerprint density at radius 2 is 2.11 bits per heavy atom. The molecular formula is C12H15FO5. The van der Waals surface area contributed by atoms with E-state index in [-0.39, 0.29) is 12.2 Å². The molecule has 0 bridgehead atoms. The minimum Gasteiger partial charge on any atom is -0.505 e. The Labute approximate surface area is 103 Å². The first kappa shape index (κ1) is 14.4. The van der Waals surface area contributed by atoms with Gasteiger partial charge in [-0.15, -0.1) is 0 Å². The van der Waals surface area contributed by atoms with E-state index in [1.807, 2.05) is 0 Å².